The van der Waals surface area contributed by atoms with Crippen molar-refractivity contribution in [3.05, 3.63) is 57.6 Å². The molecule has 0 fully saturated rings. The smallest absolute Gasteiger partial charge is 0.251 e. The first-order valence-corrected chi connectivity index (χ1v) is 8.32. The summed E-state index contributed by atoms with van der Waals surface area (Å²) in [5.74, 6) is 0.789. The third-order valence-corrected chi connectivity index (χ3v) is 3.93. The third-order valence-electron chi connectivity index (χ3n) is 3.37. The van der Waals surface area contributed by atoms with Gasteiger partial charge in [0.05, 0.1) is 23.8 Å². The van der Waals surface area contributed by atoms with Crippen LogP contribution in [-0.4, -0.2) is 33.3 Å². The summed E-state index contributed by atoms with van der Waals surface area (Å²) >= 11 is 12.1. The van der Waals surface area contributed by atoms with E-state index < -0.39 is 0 Å². The van der Waals surface area contributed by atoms with Crippen molar-refractivity contribution in [2.75, 3.05) is 27.4 Å². The van der Waals surface area contributed by atoms with Gasteiger partial charge in [-0.25, -0.2) is 0 Å². The zero-order chi connectivity index (χ0) is 18.2. The van der Waals surface area contributed by atoms with Crippen LogP contribution in [0.3, 0.4) is 0 Å². The number of halogens is 2. The number of rotatable bonds is 8. The normalized spacial score (nSPS) is 10.4. The highest BCUT2D eigenvalue weighted by Gasteiger charge is 2.13. The van der Waals surface area contributed by atoms with Gasteiger partial charge in [0.2, 0.25) is 0 Å². The molecule has 0 unspecified atom stereocenters. The van der Waals surface area contributed by atoms with E-state index in [-0.39, 0.29) is 16.0 Å². The average molecular weight is 384 g/mol. The highest BCUT2D eigenvalue weighted by atomic mass is 35.5. The van der Waals surface area contributed by atoms with Crippen LogP contribution in [0.15, 0.2) is 36.4 Å². The van der Waals surface area contributed by atoms with E-state index in [4.69, 9.17) is 37.4 Å². The Morgan fingerprint density at radius 2 is 1.80 bits per heavy atom. The van der Waals surface area contributed by atoms with E-state index in [0.29, 0.717) is 31.1 Å². The molecule has 0 saturated heterocycles. The molecule has 5 nitrogen and oxygen atoms in total. The second-order valence-corrected chi connectivity index (χ2v) is 5.96. The maximum absolute atomic E-state index is 12.3. The fraction of sp³-hybridized carbons (Fsp3) is 0.278. The van der Waals surface area contributed by atoms with Crippen LogP contribution in [0, 0.1) is 0 Å². The van der Waals surface area contributed by atoms with Gasteiger partial charge in [0.15, 0.2) is 5.75 Å². The number of hydrogen-bond donors (Lipinski definition) is 1. The van der Waals surface area contributed by atoms with Crippen LogP contribution in [0.2, 0.25) is 10.0 Å². The van der Waals surface area contributed by atoms with E-state index in [9.17, 15) is 4.79 Å². The number of nitrogens with one attached hydrogen (secondary N) is 1. The van der Waals surface area contributed by atoms with Crippen molar-refractivity contribution >= 4 is 29.1 Å². The Morgan fingerprint density at radius 1 is 1.08 bits per heavy atom. The van der Waals surface area contributed by atoms with Gasteiger partial charge in [0, 0.05) is 19.2 Å². The van der Waals surface area contributed by atoms with Gasteiger partial charge in [-0.2, -0.15) is 0 Å². The lowest BCUT2D eigenvalue weighted by molar-refractivity contribution is 0.0951. The highest BCUT2D eigenvalue weighted by Crippen LogP contribution is 2.33. The molecule has 0 radical (unpaired) electrons. The topological polar surface area (TPSA) is 56.8 Å². The predicted octanol–water partition coefficient (Wildman–Crippen LogP) is 3.96. The molecule has 7 heteroatoms. The first-order chi connectivity index (χ1) is 12.0. The fourth-order valence-corrected chi connectivity index (χ4v) is 2.80. The van der Waals surface area contributed by atoms with Crippen molar-refractivity contribution in [3.8, 4) is 11.5 Å². The van der Waals surface area contributed by atoms with Crippen molar-refractivity contribution in [2.45, 2.75) is 6.54 Å². The Labute approximate surface area is 156 Å². The van der Waals surface area contributed by atoms with Crippen molar-refractivity contribution in [1.82, 2.24) is 5.32 Å². The largest absolute Gasteiger partial charge is 0.494 e. The Bertz CT molecular complexity index is 714. The molecule has 25 heavy (non-hydrogen) atoms. The van der Waals surface area contributed by atoms with Gasteiger partial charge in [-0.1, -0.05) is 35.3 Å². The standard InChI is InChI=1S/C18H19Cl2NO4/c1-23-6-7-25-14-5-3-4-12(8-14)11-21-18(22)13-9-15(19)17(24-2)16(20)10-13/h3-5,8-10H,6-7,11H2,1-2H3,(H,21,22). The number of amides is 1. The molecule has 134 valence electrons. The van der Waals surface area contributed by atoms with E-state index in [0.717, 1.165) is 11.3 Å². The maximum Gasteiger partial charge on any atom is 0.251 e. The Morgan fingerprint density at radius 3 is 2.44 bits per heavy atom. The average Bonchev–Trinajstić information content (AvgIpc) is 2.60. The molecule has 0 atom stereocenters. The molecule has 1 N–H and O–H groups in total. The van der Waals surface area contributed by atoms with Crippen LogP contribution in [-0.2, 0) is 11.3 Å². The van der Waals surface area contributed by atoms with Crippen LogP contribution < -0.4 is 14.8 Å². The molecule has 0 aliphatic heterocycles. The summed E-state index contributed by atoms with van der Waals surface area (Å²) in [5.41, 5.74) is 1.28. The number of hydrogen-bond acceptors (Lipinski definition) is 4. The van der Waals surface area contributed by atoms with Gasteiger partial charge in [0.1, 0.15) is 12.4 Å². The Hall–Kier alpha value is -1.95. The minimum absolute atomic E-state index is 0.280. The molecule has 0 aromatic heterocycles. The summed E-state index contributed by atoms with van der Waals surface area (Å²) in [4.78, 5) is 12.3. The van der Waals surface area contributed by atoms with Crippen LogP contribution in [0.1, 0.15) is 15.9 Å². The SMILES string of the molecule is COCCOc1cccc(CNC(=O)c2cc(Cl)c(OC)c(Cl)c2)c1. The van der Waals surface area contributed by atoms with Crippen molar-refractivity contribution in [2.24, 2.45) is 0 Å². The lowest BCUT2D eigenvalue weighted by Crippen LogP contribution is -2.22. The van der Waals surface area contributed by atoms with Gasteiger partial charge < -0.3 is 19.5 Å². The number of methoxy groups -OCH3 is 2. The molecule has 0 saturated carbocycles. The van der Waals surface area contributed by atoms with E-state index in [1.54, 1.807) is 7.11 Å². The summed E-state index contributed by atoms with van der Waals surface area (Å²) in [6.45, 7) is 1.33. The zero-order valence-electron chi connectivity index (χ0n) is 14.0. The lowest BCUT2D eigenvalue weighted by Gasteiger charge is -2.10. The summed E-state index contributed by atoms with van der Waals surface area (Å²) in [5, 5.41) is 3.40. The fourth-order valence-electron chi connectivity index (χ4n) is 2.16. The minimum atomic E-state index is -0.280. The van der Waals surface area contributed by atoms with E-state index in [1.165, 1.54) is 19.2 Å². The van der Waals surface area contributed by atoms with Crippen LogP contribution in [0.4, 0.5) is 0 Å². The van der Waals surface area contributed by atoms with Crippen LogP contribution in [0.25, 0.3) is 0 Å². The lowest BCUT2D eigenvalue weighted by atomic mass is 10.1. The molecule has 0 heterocycles. The summed E-state index contributed by atoms with van der Waals surface area (Å²) < 4.78 is 15.6. The second kappa shape index (κ2) is 9.51. The quantitative estimate of drug-likeness (QED) is 0.700. The van der Waals surface area contributed by atoms with Crippen molar-refractivity contribution in [1.29, 1.82) is 0 Å². The number of carbonyl (C=O) groups is 1. The predicted molar refractivity (Wildman–Crippen MR) is 98.0 cm³/mol. The zero-order valence-corrected chi connectivity index (χ0v) is 15.5. The maximum atomic E-state index is 12.3. The molecule has 0 spiro atoms. The third kappa shape index (κ3) is 5.53. The molecular weight excluding hydrogens is 365 g/mol. The molecule has 0 bridgehead atoms. The molecule has 2 aromatic carbocycles. The van der Waals surface area contributed by atoms with E-state index in [2.05, 4.69) is 5.32 Å². The molecule has 2 aromatic rings. The summed E-state index contributed by atoms with van der Waals surface area (Å²) in [6.07, 6.45) is 0. The van der Waals surface area contributed by atoms with Crippen LogP contribution >= 0.6 is 23.2 Å². The molecule has 0 aliphatic carbocycles. The number of carbonyl (C=O) groups excluding carboxylic acids is 1. The minimum Gasteiger partial charge on any atom is -0.494 e. The highest BCUT2D eigenvalue weighted by molar-refractivity contribution is 6.37. The van der Waals surface area contributed by atoms with E-state index in [1.807, 2.05) is 24.3 Å². The van der Waals surface area contributed by atoms with Crippen LogP contribution in [0.5, 0.6) is 11.5 Å². The van der Waals surface area contributed by atoms with Gasteiger partial charge >= 0.3 is 0 Å². The summed E-state index contributed by atoms with van der Waals surface area (Å²) in [7, 11) is 3.08. The van der Waals surface area contributed by atoms with Gasteiger partial charge in [-0.05, 0) is 29.8 Å². The number of benzene rings is 2. The first kappa shape index (κ1) is 19.4. The van der Waals surface area contributed by atoms with E-state index >= 15 is 0 Å². The Balaban J connectivity index is 1.99. The molecule has 0 aliphatic rings. The first-order valence-electron chi connectivity index (χ1n) is 7.57. The van der Waals surface area contributed by atoms with Gasteiger partial charge in [-0.15, -0.1) is 0 Å². The van der Waals surface area contributed by atoms with Crippen molar-refractivity contribution in [3.63, 3.8) is 0 Å². The number of ether oxygens (including phenoxy) is 3. The second-order valence-electron chi connectivity index (χ2n) is 5.14. The van der Waals surface area contributed by atoms with Gasteiger partial charge in [0.25, 0.3) is 5.91 Å². The van der Waals surface area contributed by atoms with Gasteiger partial charge in [-0.3, -0.25) is 4.79 Å². The van der Waals surface area contributed by atoms with Crippen molar-refractivity contribution < 1.29 is 19.0 Å². The Kier molecular flexibility index (Phi) is 7.37. The monoisotopic (exact) mass is 383 g/mol. The molecule has 2 rings (SSSR count). The summed E-state index contributed by atoms with van der Waals surface area (Å²) in [6, 6.07) is 10.5. The molecule has 1 amide bonds. The molecular formula is C18H19Cl2NO4.